The number of rotatable bonds is 8. The van der Waals surface area contributed by atoms with E-state index >= 15 is 0 Å². The third-order valence-corrected chi connectivity index (χ3v) is 7.53. The van der Waals surface area contributed by atoms with Crippen molar-refractivity contribution in [2.45, 2.75) is 6.54 Å². The molecule has 3 aromatic carbocycles. The van der Waals surface area contributed by atoms with E-state index < -0.39 is 0 Å². The Labute approximate surface area is 249 Å². The van der Waals surface area contributed by atoms with Crippen molar-refractivity contribution in [3.05, 3.63) is 106 Å². The standard InChI is InChI=1S/C31H29Cl2N5O3/c1-41-25-10-7-23(8-11-25)31(40)38(20-22-5-3-2-4-6-22)21-30(39)37-17-15-36(16-18-37)29-14-13-28(34-35-29)26-12-9-24(32)19-27(26)33/h2-14,19H,15-18,20-21H2,1H3. The minimum absolute atomic E-state index is 0.0177. The first-order valence-corrected chi connectivity index (χ1v) is 14.0. The lowest BCUT2D eigenvalue weighted by molar-refractivity contribution is -0.132. The second-order valence-electron chi connectivity index (χ2n) is 9.64. The molecule has 5 rings (SSSR count). The van der Waals surface area contributed by atoms with Crippen LogP contribution < -0.4 is 9.64 Å². The number of amides is 2. The van der Waals surface area contributed by atoms with Crippen LogP contribution in [0.1, 0.15) is 15.9 Å². The van der Waals surface area contributed by atoms with Crippen molar-refractivity contribution in [2.75, 3.05) is 44.7 Å². The van der Waals surface area contributed by atoms with E-state index in [1.807, 2.05) is 48.5 Å². The Morgan fingerprint density at radius 3 is 2.24 bits per heavy atom. The summed E-state index contributed by atoms with van der Waals surface area (Å²) in [4.78, 5) is 32.3. The summed E-state index contributed by atoms with van der Waals surface area (Å²) in [6.45, 7) is 2.55. The first-order chi connectivity index (χ1) is 19.9. The van der Waals surface area contributed by atoms with Crippen LogP contribution >= 0.6 is 23.2 Å². The van der Waals surface area contributed by atoms with Crippen LogP contribution in [0.4, 0.5) is 5.82 Å². The van der Waals surface area contributed by atoms with E-state index in [0.717, 1.165) is 16.9 Å². The van der Waals surface area contributed by atoms with Gasteiger partial charge in [0.1, 0.15) is 12.3 Å². The van der Waals surface area contributed by atoms with E-state index in [1.165, 1.54) is 0 Å². The summed E-state index contributed by atoms with van der Waals surface area (Å²) >= 11 is 12.3. The number of halogens is 2. The van der Waals surface area contributed by atoms with Crippen LogP contribution in [0.2, 0.25) is 10.0 Å². The normalized spacial score (nSPS) is 13.1. The zero-order valence-electron chi connectivity index (χ0n) is 22.5. The number of hydrogen-bond donors (Lipinski definition) is 0. The molecule has 2 amide bonds. The van der Waals surface area contributed by atoms with Crippen LogP contribution in [0.3, 0.4) is 0 Å². The Morgan fingerprint density at radius 1 is 0.878 bits per heavy atom. The fraction of sp³-hybridized carbons (Fsp3) is 0.226. The first-order valence-electron chi connectivity index (χ1n) is 13.2. The van der Waals surface area contributed by atoms with Gasteiger partial charge in [-0.3, -0.25) is 9.59 Å². The number of carbonyl (C=O) groups is 2. The van der Waals surface area contributed by atoms with Gasteiger partial charge in [0, 0.05) is 48.9 Å². The molecule has 1 aromatic heterocycles. The highest BCUT2D eigenvalue weighted by molar-refractivity contribution is 6.36. The number of piperazine rings is 1. The number of methoxy groups -OCH3 is 1. The lowest BCUT2D eigenvalue weighted by Crippen LogP contribution is -2.52. The molecule has 0 bridgehead atoms. The van der Waals surface area contributed by atoms with Crippen molar-refractivity contribution in [3.63, 3.8) is 0 Å². The second-order valence-corrected chi connectivity index (χ2v) is 10.5. The molecular weight excluding hydrogens is 561 g/mol. The second kappa shape index (κ2) is 13.0. The average molecular weight is 591 g/mol. The van der Waals surface area contributed by atoms with Gasteiger partial charge < -0.3 is 19.4 Å². The molecule has 41 heavy (non-hydrogen) atoms. The molecule has 1 saturated heterocycles. The maximum Gasteiger partial charge on any atom is 0.254 e. The van der Waals surface area contributed by atoms with Gasteiger partial charge in [0.2, 0.25) is 5.91 Å². The van der Waals surface area contributed by atoms with Crippen molar-refractivity contribution < 1.29 is 14.3 Å². The molecule has 1 aliphatic rings. The van der Waals surface area contributed by atoms with Crippen LogP contribution in [-0.2, 0) is 11.3 Å². The van der Waals surface area contributed by atoms with Gasteiger partial charge in [-0.25, -0.2) is 0 Å². The Bertz CT molecular complexity index is 1490. The largest absolute Gasteiger partial charge is 0.497 e. The summed E-state index contributed by atoms with van der Waals surface area (Å²) < 4.78 is 5.22. The Morgan fingerprint density at radius 2 is 1.61 bits per heavy atom. The predicted octanol–water partition coefficient (Wildman–Crippen LogP) is 5.45. The van der Waals surface area contributed by atoms with E-state index in [2.05, 4.69) is 15.1 Å². The molecule has 0 unspecified atom stereocenters. The fourth-order valence-corrected chi connectivity index (χ4v) is 5.21. The average Bonchev–Trinajstić information content (AvgIpc) is 3.01. The molecule has 0 atom stereocenters. The van der Waals surface area contributed by atoms with E-state index in [1.54, 1.807) is 53.3 Å². The summed E-state index contributed by atoms with van der Waals surface area (Å²) in [5, 5.41) is 9.82. The predicted molar refractivity (Wildman–Crippen MR) is 160 cm³/mol. The van der Waals surface area contributed by atoms with Crippen molar-refractivity contribution in [1.29, 1.82) is 0 Å². The number of anilines is 1. The highest BCUT2D eigenvalue weighted by Gasteiger charge is 2.26. The number of carbonyl (C=O) groups excluding carboxylic acids is 2. The minimum atomic E-state index is -0.209. The number of aromatic nitrogens is 2. The summed E-state index contributed by atoms with van der Waals surface area (Å²) in [7, 11) is 1.58. The monoisotopic (exact) mass is 589 g/mol. The van der Waals surface area contributed by atoms with Crippen LogP contribution in [0.5, 0.6) is 5.75 Å². The summed E-state index contributed by atoms with van der Waals surface area (Å²) in [6, 6.07) is 25.6. The van der Waals surface area contributed by atoms with Gasteiger partial charge in [0.05, 0.1) is 17.8 Å². The third kappa shape index (κ3) is 6.96. The molecule has 0 radical (unpaired) electrons. The molecule has 210 valence electrons. The number of benzene rings is 3. The lowest BCUT2D eigenvalue weighted by atomic mass is 10.1. The molecule has 0 aliphatic carbocycles. The molecule has 8 nitrogen and oxygen atoms in total. The van der Waals surface area contributed by atoms with Gasteiger partial charge in [0.25, 0.3) is 5.91 Å². The zero-order valence-corrected chi connectivity index (χ0v) is 24.1. The van der Waals surface area contributed by atoms with Crippen LogP contribution in [0, 0.1) is 0 Å². The molecule has 10 heteroatoms. The molecule has 4 aromatic rings. The molecule has 1 aliphatic heterocycles. The summed E-state index contributed by atoms with van der Waals surface area (Å²) in [6.07, 6.45) is 0. The molecule has 1 fully saturated rings. The Kier molecular flexibility index (Phi) is 9.01. The SMILES string of the molecule is COc1ccc(C(=O)N(CC(=O)N2CCN(c3ccc(-c4ccc(Cl)cc4Cl)nn3)CC2)Cc2ccccc2)cc1. The Hall–Kier alpha value is -4.14. The van der Waals surface area contributed by atoms with Crippen LogP contribution in [-0.4, -0.2) is 71.6 Å². The van der Waals surface area contributed by atoms with Gasteiger partial charge in [-0.05, 0) is 60.2 Å². The zero-order chi connectivity index (χ0) is 28.8. The van der Waals surface area contributed by atoms with Crippen molar-refractivity contribution in [3.8, 4) is 17.0 Å². The number of ether oxygens (including phenoxy) is 1. The topological polar surface area (TPSA) is 78.9 Å². The smallest absolute Gasteiger partial charge is 0.254 e. The summed E-state index contributed by atoms with van der Waals surface area (Å²) in [5.41, 5.74) is 2.87. The third-order valence-electron chi connectivity index (χ3n) is 6.98. The quantitative estimate of drug-likeness (QED) is 0.272. The van der Waals surface area contributed by atoms with E-state index in [9.17, 15) is 9.59 Å². The van der Waals surface area contributed by atoms with E-state index in [0.29, 0.717) is 59.8 Å². The maximum absolute atomic E-state index is 13.4. The molecular formula is C31H29Cl2N5O3. The molecule has 0 spiro atoms. The molecule has 2 heterocycles. The number of hydrogen-bond acceptors (Lipinski definition) is 6. The van der Waals surface area contributed by atoms with E-state index in [4.69, 9.17) is 27.9 Å². The van der Waals surface area contributed by atoms with Crippen molar-refractivity contribution in [2.24, 2.45) is 0 Å². The Balaban J connectivity index is 1.22. The fourth-order valence-electron chi connectivity index (χ4n) is 4.70. The lowest BCUT2D eigenvalue weighted by Gasteiger charge is -2.36. The van der Waals surface area contributed by atoms with Crippen molar-refractivity contribution in [1.82, 2.24) is 20.0 Å². The van der Waals surface area contributed by atoms with Gasteiger partial charge in [-0.1, -0.05) is 53.5 Å². The van der Waals surface area contributed by atoms with E-state index in [-0.39, 0.29) is 18.4 Å². The van der Waals surface area contributed by atoms with Crippen LogP contribution in [0.15, 0.2) is 84.9 Å². The van der Waals surface area contributed by atoms with Gasteiger partial charge >= 0.3 is 0 Å². The highest BCUT2D eigenvalue weighted by atomic mass is 35.5. The van der Waals surface area contributed by atoms with Gasteiger partial charge in [-0.15, -0.1) is 10.2 Å². The number of nitrogens with zero attached hydrogens (tertiary/aromatic N) is 5. The summed E-state index contributed by atoms with van der Waals surface area (Å²) in [5.74, 6) is 1.09. The highest BCUT2D eigenvalue weighted by Crippen LogP contribution is 2.29. The first kappa shape index (κ1) is 28.4. The van der Waals surface area contributed by atoms with Crippen LogP contribution in [0.25, 0.3) is 11.3 Å². The van der Waals surface area contributed by atoms with Gasteiger partial charge in [0.15, 0.2) is 5.82 Å². The molecule has 0 saturated carbocycles. The minimum Gasteiger partial charge on any atom is -0.497 e. The molecule has 0 N–H and O–H groups in total. The van der Waals surface area contributed by atoms with Crippen molar-refractivity contribution >= 4 is 40.8 Å². The van der Waals surface area contributed by atoms with Gasteiger partial charge in [-0.2, -0.15) is 0 Å². The maximum atomic E-state index is 13.4.